The minimum atomic E-state index is -0.785. The zero-order valence-electron chi connectivity index (χ0n) is 16.9. The molecule has 6 heteroatoms. The summed E-state index contributed by atoms with van der Waals surface area (Å²) in [5.41, 5.74) is 1.29. The molecular formula is C22H31N3O3. The van der Waals surface area contributed by atoms with Crippen molar-refractivity contribution >= 4 is 17.6 Å². The summed E-state index contributed by atoms with van der Waals surface area (Å²) in [6, 6.07) is 8.54. The molecule has 1 aromatic rings. The molecule has 2 aliphatic heterocycles. The first-order valence-electron chi connectivity index (χ1n) is 10.4. The fourth-order valence-electron chi connectivity index (χ4n) is 5.34. The largest absolute Gasteiger partial charge is 0.481 e. The smallest absolute Gasteiger partial charge is 0.313 e. The van der Waals surface area contributed by atoms with E-state index < -0.39 is 11.4 Å². The zero-order chi connectivity index (χ0) is 19.9. The average Bonchev–Trinajstić information content (AvgIpc) is 3.36. The molecule has 2 unspecified atom stereocenters. The van der Waals surface area contributed by atoms with E-state index in [-0.39, 0.29) is 11.8 Å². The second kappa shape index (κ2) is 7.39. The van der Waals surface area contributed by atoms with Gasteiger partial charge in [-0.3, -0.25) is 14.5 Å². The number of carboxylic acid groups (broad SMARTS) is 1. The molecule has 1 aliphatic carbocycles. The van der Waals surface area contributed by atoms with Gasteiger partial charge in [0.05, 0.1) is 6.42 Å². The summed E-state index contributed by atoms with van der Waals surface area (Å²) >= 11 is 0. The number of hydrogen-bond donors (Lipinski definition) is 1. The lowest BCUT2D eigenvalue weighted by Crippen LogP contribution is -2.43. The van der Waals surface area contributed by atoms with Crippen LogP contribution in [-0.4, -0.2) is 73.1 Å². The van der Waals surface area contributed by atoms with Gasteiger partial charge in [0, 0.05) is 57.9 Å². The van der Waals surface area contributed by atoms with Crippen LogP contribution in [0.5, 0.6) is 0 Å². The Morgan fingerprint density at radius 3 is 2.36 bits per heavy atom. The number of anilines is 1. The standard InChI is InChI=1S/C22H31N3O3/c1-23(2)18-9-7-16(8-10-18)11-20(26)25-13-17-12-24(19-5-3-4-6-19)14-22(17,15-25)21(27)28/h7-10,17,19H,3-6,11-15H2,1-2H3,(H,27,28). The highest BCUT2D eigenvalue weighted by molar-refractivity contribution is 5.83. The highest BCUT2D eigenvalue weighted by Gasteiger charge is 2.59. The van der Waals surface area contributed by atoms with Crippen molar-refractivity contribution in [3.8, 4) is 0 Å². The van der Waals surface area contributed by atoms with E-state index in [4.69, 9.17) is 0 Å². The van der Waals surface area contributed by atoms with Crippen molar-refractivity contribution in [2.24, 2.45) is 11.3 Å². The maximum Gasteiger partial charge on any atom is 0.313 e. The van der Waals surface area contributed by atoms with Gasteiger partial charge in [-0.2, -0.15) is 0 Å². The van der Waals surface area contributed by atoms with Crippen LogP contribution in [0.2, 0.25) is 0 Å². The molecule has 1 aromatic carbocycles. The Labute approximate surface area is 167 Å². The van der Waals surface area contributed by atoms with Crippen molar-refractivity contribution in [3.63, 3.8) is 0 Å². The van der Waals surface area contributed by atoms with E-state index in [1.165, 1.54) is 25.7 Å². The van der Waals surface area contributed by atoms with E-state index in [1.807, 2.05) is 43.3 Å². The monoisotopic (exact) mass is 385 g/mol. The highest BCUT2D eigenvalue weighted by atomic mass is 16.4. The molecule has 4 rings (SSSR count). The van der Waals surface area contributed by atoms with Crippen molar-refractivity contribution in [1.82, 2.24) is 9.80 Å². The number of benzene rings is 1. The summed E-state index contributed by atoms with van der Waals surface area (Å²) < 4.78 is 0. The van der Waals surface area contributed by atoms with Gasteiger partial charge in [-0.15, -0.1) is 0 Å². The summed E-state index contributed by atoms with van der Waals surface area (Å²) in [6.45, 7) is 2.34. The molecule has 0 radical (unpaired) electrons. The van der Waals surface area contributed by atoms with Crippen molar-refractivity contribution in [1.29, 1.82) is 0 Å². The average molecular weight is 386 g/mol. The quantitative estimate of drug-likeness (QED) is 0.841. The van der Waals surface area contributed by atoms with Gasteiger partial charge < -0.3 is 14.9 Å². The fraction of sp³-hybridized carbons (Fsp3) is 0.636. The molecule has 3 fully saturated rings. The normalized spacial score (nSPS) is 27.9. The molecule has 0 bridgehead atoms. The predicted molar refractivity (Wildman–Crippen MR) is 108 cm³/mol. The number of carboxylic acids is 1. The van der Waals surface area contributed by atoms with Gasteiger partial charge in [-0.05, 0) is 30.5 Å². The van der Waals surface area contributed by atoms with Crippen molar-refractivity contribution < 1.29 is 14.7 Å². The van der Waals surface area contributed by atoms with Crippen LogP contribution >= 0.6 is 0 Å². The van der Waals surface area contributed by atoms with Crippen LogP contribution in [-0.2, 0) is 16.0 Å². The Morgan fingerprint density at radius 2 is 1.79 bits per heavy atom. The van der Waals surface area contributed by atoms with Gasteiger partial charge in [0.15, 0.2) is 0 Å². The number of amides is 1. The first-order chi connectivity index (χ1) is 13.4. The van der Waals surface area contributed by atoms with Crippen LogP contribution in [0.4, 0.5) is 5.69 Å². The number of nitrogens with zero attached hydrogens (tertiary/aromatic N) is 3. The summed E-state index contributed by atoms with van der Waals surface area (Å²) in [7, 11) is 3.98. The van der Waals surface area contributed by atoms with Crippen LogP contribution in [0.15, 0.2) is 24.3 Å². The van der Waals surface area contributed by atoms with E-state index in [0.717, 1.165) is 17.8 Å². The first-order valence-corrected chi connectivity index (χ1v) is 10.4. The van der Waals surface area contributed by atoms with E-state index in [9.17, 15) is 14.7 Å². The van der Waals surface area contributed by atoms with Gasteiger partial charge in [-0.1, -0.05) is 25.0 Å². The first kappa shape index (κ1) is 19.2. The van der Waals surface area contributed by atoms with Crippen LogP contribution in [0.3, 0.4) is 0 Å². The maximum absolute atomic E-state index is 12.9. The topological polar surface area (TPSA) is 64.1 Å². The van der Waals surface area contributed by atoms with Crippen LogP contribution in [0, 0.1) is 11.3 Å². The molecule has 6 nitrogen and oxygen atoms in total. The zero-order valence-corrected chi connectivity index (χ0v) is 16.9. The van der Waals surface area contributed by atoms with Gasteiger partial charge in [0.1, 0.15) is 5.41 Å². The summed E-state index contributed by atoms with van der Waals surface area (Å²) in [6.07, 6.45) is 5.22. The predicted octanol–water partition coefficient (Wildman–Crippen LogP) is 2.08. The Bertz CT molecular complexity index is 742. The lowest BCUT2D eigenvalue weighted by Gasteiger charge is -2.28. The molecule has 0 aromatic heterocycles. The number of rotatable bonds is 5. The highest BCUT2D eigenvalue weighted by Crippen LogP contribution is 2.45. The third-order valence-corrected chi connectivity index (χ3v) is 7.06. The Morgan fingerprint density at radius 1 is 1.11 bits per heavy atom. The molecule has 2 atom stereocenters. The molecule has 0 spiro atoms. The molecule has 3 aliphatic rings. The van der Waals surface area contributed by atoms with Gasteiger partial charge in [0.2, 0.25) is 5.91 Å². The molecule has 28 heavy (non-hydrogen) atoms. The molecule has 1 amide bonds. The molecular weight excluding hydrogens is 354 g/mol. The van der Waals surface area contributed by atoms with E-state index in [0.29, 0.717) is 32.1 Å². The number of hydrogen-bond acceptors (Lipinski definition) is 4. The van der Waals surface area contributed by atoms with Gasteiger partial charge >= 0.3 is 5.97 Å². The molecule has 2 saturated heterocycles. The van der Waals surface area contributed by atoms with Crippen molar-refractivity contribution in [2.45, 2.75) is 38.1 Å². The van der Waals surface area contributed by atoms with E-state index in [2.05, 4.69) is 4.90 Å². The van der Waals surface area contributed by atoms with Gasteiger partial charge in [-0.25, -0.2) is 0 Å². The number of carbonyl (C=O) groups excluding carboxylic acids is 1. The Balaban J connectivity index is 1.42. The Kier molecular flexibility index (Phi) is 5.08. The molecule has 1 saturated carbocycles. The minimum Gasteiger partial charge on any atom is -0.481 e. The third-order valence-electron chi connectivity index (χ3n) is 7.06. The third kappa shape index (κ3) is 3.39. The van der Waals surface area contributed by atoms with Gasteiger partial charge in [0.25, 0.3) is 0 Å². The number of aliphatic carboxylic acids is 1. The fourth-order valence-corrected chi connectivity index (χ4v) is 5.34. The SMILES string of the molecule is CN(C)c1ccc(CC(=O)N2CC3CN(C4CCCC4)CC3(C(=O)O)C2)cc1. The van der Waals surface area contributed by atoms with Crippen LogP contribution < -0.4 is 4.90 Å². The lowest BCUT2D eigenvalue weighted by atomic mass is 9.81. The summed E-state index contributed by atoms with van der Waals surface area (Å²) in [5.74, 6) is -0.644. The van der Waals surface area contributed by atoms with Crippen LogP contribution in [0.1, 0.15) is 31.2 Å². The molecule has 152 valence electrons. The summed E-state index contributed by atoms with van der Waals surface area (Å²) in [5, 5.41) is 10.0. The van der Waals surface area contributed by atoms with Crippen molar-refractivity contribution in [2.75, 3.05) is 45.2 Å². The number of likely N-dealkylation sites (tertiary alicyclic amines) is 2. The van der Waals surface area contributed by atoms with Crippen LogP contribution in [0.25, 0.3) is 0 Å². The summed E-state index contributed by atoms with van der Waals surface area (Å²) in [4.78, 5) is 31.3. The minimum absolute atomic E-state index is 0.0417. The number of fused-ring (bicyclic) bond motifs is 1. The second-order valence-electron chi connectivity index (χ2n) is 9.04. The number of carbonyl (C=O) groups is 2. The van der Waals surface area contributed by atoms with Crippen molar-refractivity contribution in [3.05, 3.63) is 29.8 Å². The van der Waals surface area contributed by atoms with E-state index >= 15 is 0 Å². The molecule has 2 heterocycles. The second-order valence-corrected chi connectivity index (χ2v) is 9.04. The maximum atomic E-state index is 12.9. The Hall–Kier alpha value is -2.08. The molecule has 1 N–H and O–H groups in total. The van der Waals surface area contributed by atoms with E-state index in [1.54, 1.807) is 4.90 Å². The lowest BCUT2D eigenvalue weighted by molar-refractivity contribution is -0.149.